The van der Waals surface area contributed by atoms with E-state index in [1.54, 1.807) is 0 Å². The molecule has 0 radical (unpaired) electrons. The average Bonchev–Trinajstić information content (AvgIpc) is 2.34. The minimum Gasteiger partial charge on any atom is -0.444 e. The summed E-state index contributed by atoms with van der Waals surface area (Å²) in [5.74, 6) is 0.363. The molecule has 1 fully saturated rings. The molecule has 0 saturated heterocycles. The Bertz CT molecular complexity index is 319. The van der Waals surface area contributed by atoms with Crippen LogP contribution in [0.2, 0.25) is 0 Å². The van der Waals surface area contributed by atoms with Gasteiger partial charge in [0.2, 0.25) is 0 Å². The van der Waals surface area contributed by atoms with Gasteiger partial charge < -0.3 is 10.1 Å². The van der Waals surface area contributed by atoms with E-state index in [9.17, 15) is 9.59 Å². The van der Waals surface area contributed by atoms with Gasteiger partial charge in [-0.05, 0) is 39.5 Å². The molecule has 1 saturated carbocycles. The Morgan fingerprint density at radius 2 is 1.84 bits per heavy atom. The Balaban J connectivity index is 2.64. The largest absolute Gasteiger partial charge is 0.444 e. The van der Waals surface area contributed by atoms with E-state index in [1.807, 2.05) is 20.8 Å². The zero-order valence-corrected chi connectivity index (χ0v) is 14.2. The van der Waals surface area contributed by atoms with Gasteiger partial charge in [0.1, 0.15) is 5.60 Å². The predicted molar refractivity (Wildman–Crippen MR) is 83.6 cm³/mol. The zero-order chi connectivity index (χ0) is 14.5. The highest BCUT2D eigenvalue weighted by molar-refractivity contribution is 14.1. The first-order valence-corrected chi connectivity index (χ1v) is 8.44. The molecule has 4 nitrogen and oxygen atoms in total. The molecule has 0 bridgehead atoms. The summed E-state index contributed by atoms with van der Waals surface area (Å²) in [6.45, 7) is 5.47. The monoisotopic (exact) mass is 381 g/mol. The van der Waals surface area contributed by atoms with Crippen molar-refractivity contribution in [1.29, 1.82) is 0 Å². The van der Waals surface area contributed by atoms with Crippen LogP contribution in [-0.4, -0.2) is 27.9 Å². The Morgan fingerprint density at radius 3 is 2.32 bits per heavy atom. The average molecular weight is 381 g/mol. The molecule has 0 unspecified atom stereocenters. The maximum Gasteiger partial charge on any atom is 0.408 e. The fourth-order valence-corrected chi connectivity index (χ4v) is 2.92. The summed E-state index contributed by atoms with van der Waals surface area (Å²) in [7, 11) is 0. The van der Waals surface area contributed by atoms with Crippen molar-refractivity contribution in [2.24, 2.45) is 5.92 Å². The van der Waals surface area contributed by atoms with Crippen LogP contribution in [0.25, 0.3) is 0 Å². The summed E-state index contributed by atoms with van der Waals surface area (Å²) in [5.41, 5.74) is -0.533. The Hall–Kier alpha value is -0.330. The number of hydrogen-bond acceptors (Lipinski definition) is 3. The summed E-state index contributed by atoms with van der Waals surface area (Å²) >= 11 is 2.06. The quantitative estimate of drug-likeness (QED) is 0.600. The number of ether oxygens (including phenoxy) is 1. The molecule has 1 aliphatic rings. The smallest absolute Gasteiger partial charge is 0.408 e. The summed E-state index contributed by atoms with van der Waals surface area (Å²) in [6, 6.07) is -0.382. The number of rotatable bonds is 4. The number of nitrogens with one attached hydrogen (secondary N) is 1. The third-order valence-electron chi connectivity index (χ3n) is 3.27. The first kappa shape index (κ1) is 16.7. The third kappa shape index (κ3) is 6.10. The van der Waals surface area contributed by atoms with Crippen molar-refractivity contribution in [2.45, 2.75) is 64.5 Å². The number of hydrogen-bond donors (Lipinski definition) is 1. The molecule has 0 aromatic heterocycles. The van der Waals surface area contributed by atoms with E-state index in [4.69, 9.17) is 4.74 Å². The van der Waals surface area contributed by atoms with Gasteiger partial charge in [-0.1, -0.05) is 41.9 Å². The lowest BCUT2D eigenvalue weighted by Crippen LogP contribution is -2.48. The molecule has 0 aromatic rings. The maximum absolute atomic E-state index is 12.0. The first-order valence-electron chi connectivity index (χ1n) is 6.91. The van der Waals surface area contributed by atoms with Gasteiger partial charge >= 0.3 is 6.09 Å². The lowest BCUT2D eigenvalue weighted by Gasteiger charge is -2.30. The van der Waals surface area contributed by atoms with Crippen LogP contribution < -0.4 is 5.32 Å². The third-order valence-corrected chi connectivity index (χ3v) is 4.02. The normalized spacial score (nSPS) is 18.7. The Morgan fingerprint density at radius 1 is 1.26 bits per heavy atom. The SMILES string of the molecule is CC(C)(C)OC(=O)N[C@H](C(=O)CI)C1CCCCC1. The molecule has 1 N–H and O–H groups in total. The predicted octanol–water partition coefficient (Wildman–Crippen LogP) is 3.46. The van der Waals surface area contributed by atoms with Crippen molar-refractivity contribution >= 4 is 34.5 Å². The molecule has 19 heavy (non-hydrogen) atoms. The van der Waals surface area contributed by atoms with Crippen molar-refractivity contribution in [3.8, 4) is 0 Å². The molecule has 1 amide bonds. The van der Waals surface area contributed by atoms with E-state index in [2.05, 4.69) is 27.9 Å². The molecule has 0 aromatic carbocycles. The zero-order valence-electron chi connectivity index (χ0n) is 12.0. The van der Waals surface area contributed by atoms with Crippen LogP contribution in [0.1, 0.15) is 52.9 Å². The van der Waals surface area contributed by atoms with E-state index in [0.29, 0.717) is 4.43 Å². The van der Waals surface area contributed by atoms with Gasteiger partial charge in [0, 0.05) is 0 Å². The van der Waals surface area contributed by atoms with E-state index in [1.165, 1.54) is 6.42 Å². The van der Waals surface area contributed by atoms with Gasteiger partial charge in [0.05, 0.1) is 10.5 Å². The molecule has 0 aliphatic heterocycles. The highest BCUT2D eigenvalue weighted by Gasteiger charge is 2.31. The second-order valence-electron chi connectivity index (χ2n) is 6.12. The molecular formula is C14H24INO3. The van der Waals surface area contributed by atoms with Crippen molar-refractivity contribution in [1.82, 2.24) is 5.32 Å². The first-order chi connectivity index (χ1) is 8.83. The number of ketones is 1. The summed E-state index contributed by atoms with van der Waals surface area (Å²) in [6.07, 6.45) is 5.07. The molecule has 0 spiro atoms. The van der Waals surface area contributed by atoms with Gasteiger partial charge in [-0.3, -0.25) is 4.79 Å². The lowest BCUT2D eigenvalue weighted by atomic mass is 9.82. The van der Waals surface area contributed by atoms with Crippen LogP contribution in [-0.2, 0) is 9.53 Å². The lowest BCUT2D eigenvalue weighted by molar-refractivity contribution is -0.119. The number of halogens is 1. The van der Waals surface area contributed by atoms with E-state index < -0.39 is 11.7 Å². The van der Waals surface area contributed by atoms with E-state index in [0.717, 1.165) is 25.7 Å². The van der Waals surface area contributed by atoms with Gasteiger partial charge in [-0.25, -0.2) is 4.79 Å². The Kier molecular flexibility index (Phi) is 6.56. The fourth-order valence-electron chi connectivity index (χ4n) is 2.45. The molecule has 5 heteroatoms. The second-order valence-corrected chi connectivity index (χ2v) is 6.88. The van der Waals surface area contributed by atoms with Crippen molar-refractivity contribution < 1.29 is 14.3 Å². The molecular weight excluding hydrogens is 357 g/mol. The standard InChI is InChI=1S/C14H24INO3/c1-14(2,3)19-13(18)16-12(11(17)9-15)10-7-5-4-6-8-10/h10,12H,4-9H2,1-3H3,(H,16,18)/t12-/m0/s1. The number of carbonyl (C=O) groups is 2. The number of amides is 1. The molecule has 0 heterocycles. The number of alkyl halides is 1. The minimum atomic E-state index is -0.533. The van der Waals surface area contributed by atoms with Crippen molar-refractivity contribution in [2.75, 3.05) is 4.43 Å². The summed E-state index contributed by atoms with van der Waals surface area (Å²) in [4.78, 5) is 23.9. The summed E-state index contributed by atoms with van der Waals surface area (Å²) < 4.78 is 5.67. The maximum atomic E-state index is 12.0. The minimum absolute atomic E-state index is 0.0957. The van der Waals surface area contributed by atoms with E-state index in [-0.39, 0.29) is 17.7 Å². The van der Waals surface area contributed by atoms with Crippen LogP contribution in [0.4, 0.5) is 4.79 Å². The highest BCUT2D eigenvalue weighted by Crippen LogP contribution is 2.27. The summed E-state index contributed by atoms with van der Waals surface area (Å²) in [5, 5.41) is 2.78. The van der Waals surface area contributed by atoms with Crippen LogP contribution in [0.5, 0.6) is 0 Å². The van der Waals surface area contributed by atoms with Crippen LogP contribution in [0, 0.1) is 5.92 Å². The fraction of sp³-hybridized carbons (Fsp3) is 0.857. The van der Waals surface area contributed by atoms with Crippen LogP contribution >= 0.6 is 22.6 Å². The molecule has 1 aliphatic carbocycles. The molecule has 1 atom stereocenters. The Labute approximate surface area is 129 Å². The van der Waals surface area contributed by atoms with Gasteiger partial charge in [-0.2, -0.15) is 0 Å². The van der Waals surface area contributed by atoms with Crippen molar-refractivity contribution in [3.05, 3.63) is 0 Å². The van der Waals surface area contributed by atoms with Crippen LogP contribution in [0.15, 0.2) is 0 Å². The highest BCUT2D eigenvalue weighted by atomic mass is 127. The van der Waals surface area contributed by atoms with Gasteiger partial charge in [0.15, 0.2) is 5.78 Å². The molecule has 110 valence electrons. The van der Waals surface area contributed by atoms with Gasteiger partial charge in [0.25, 0.3) is 0 Å². The van der Waals surface area contributed by atoms with E-state index >= 15 is 0 Å². The van der Waals surface area contributed by atoms with Crippen LogP contribution in [0.3, 0.4) is 0 Å². The number of Topliss-reactive ketones (excluding diaryl/α,β-unsaturated/α-hetero) is 1. The second kappa shape index (κ2) is 7.45. The molecule has 1 rings (SSSR count). The van der Waals surface area contributed by atoms with Crippen molar-refractivity contribution in [3.63, 3.8) is 0 Å². The van der Waals surface area contributed by atoms with Gasteiger partial charge in [-0.15, -0.1) is 0 Å². The topological polar surface area (TPSA) is 55.4 Å². The number of alkyl carbamates (subject to hydrolysis) is 1. The number of carbonyl (C=O) groups excluding carboxylic acids is 2.